The molecule has 1 N–H and O–H groups in total. The second kappa shape index (κ2) is 3.40. The number of hydrogen-bond acceptors (Lipinski definition) is 2. The van der Waals surface area contributed by atoms with Crippen molar-refractivity contribution in [2.45, 2.75) is 20.8 Å². The molecule has 0 heterocycles. The molecule has 0 spiro atoms. The Balaban J connectivity index is 3.98. The van der Waals surface area contributed by atoms with Gasteiger partial charge in [-0.3, -0.25) is 0 Å². The minimum atomic E-state index is 0.125. The molecule has 2 nitrogen and oxygen atoms in total. The normalized spacial score (nSPS) is 12.0. The predicted molar refractivity (Wildman–Crippen MR) is 46.1 cm³/mol. The minimum absolute atomic E-state index is 0.125. The summed E-state index contributed by atoms with van der Waals surface area (Å²) in [5, 5.41) is 3.86. The van der Waals surface area contributed by atoms with Gasteiger partial charge in [-0.25, -0.2) is 0 Å². The van der Waals surface area contributed by atoms with E-state index in [1.165, 1.54) is 0 Å². The summed E-state index contributed by atoms with van der Waals surface area (Å²) in [6.45, 7) is 10.2. The van der Waals surface area contributed by atoms with Crippen LogP contribution in [0.5, 0.6) is 0 Å². The number of rotatable bonds is 2. The van der Waals surface area contributed by atoms with E-state index in [0.717, 1.165) is 5.57 Å². The van der Waals surface area contributed by atoms with Crippen LogP contribution >= 0.6 is 0 Å². The number of allylic oxidation sites excluding steroid dienone is 1. The molecule has 0 aliphatic heterocycles. The van der Waals surface area contributed by atoms with Crippen LogP contribution in [0.1, 0.15) is 20.8 Å². The Morgan fingerprint density at radius 2 is 2.00 bits per heavy atom. The van der Waals surface area contributed by atoms with Gasteiger partial charge in [-0.1, -0.05) is 27.4 Å². The van der Waals surface area contributed by atoms with Crippen molar-refractivity contribution in [1.82, 2.24) is 5.43 Å². The summed E-state index contributed by atoms with van der Waals surface area (Å²) in [5.41, 5.74) is 3.83. The van der Waals surface area contributed by atoms with Crippen LogP contribution in [-0.4, -0.2) is 13.3 Å². The molecule has 0 unspecified atom stereocenters. The second-order valence-electron chi connectivity index (χ2n) is 3.26. The third-order valence-corrected chi connectivity index (χ3v) is 1.31. The first-order valence-electron chi connectivity index (χ1n) is 3.37. The van der Waals surface area contributed by atoms with Crippen LogP contribution in [0.15, 0.2) is 17.3 Å². The molecule has 0 saturated carbocycles. The molecule has 2 heteroatoms. The summed E-state index contributed by atoms with van der Waals surface area (Å²) in [4.78, 5) is 0. The van der Waals surface area contributed by atoms with E-state index in [-0.39, 0.29) is 5.41 Å². The van der Waals surface area contributed by atoms with Crippen molar-refractivity contribution in [3.63, 3.8) is 0 Å². The maximum Gasteiger partial charge on any atom is 0.0499 e. The zero-order valence-corrected chi connectivity index (χ0v) is 7.23. The zero-order chi connectivity index (χ0) is 8.20. The van der Waals surface area contributed by atoms with Gasteiger partial charge in [0.05, 0.1) is 0 Å². The Morgan fingerprint density at radius 3 is 2.30 bits per heavy atom. The van der Waals surface area contributed by atoms with Gasteiger partial charge in [0.1, 0.15) is 0 Å². The van der Waals surface area contributed by atoms with Gasteiger partial charge in [-0.2, -0.15) is 5.10 Å². The van der Waals surface area contributed by atoms with Crippen LogP contribution < -0.4 is 5.43 Å². The molecule has 0 fully saturated rings. The van der Waals surface area contributed by atoms with Crippen molar-refractivity contribution in [3.05, 3.63) is 12.2 Å². The largest absolute Gasteiger partial charge is 0.313 e. The Morgan fingerprint density at radius 1 is 1.50 bits per heavy atom. The maximum absolute atomic E-state index is 3.87. The van der Waals surface area contributed by atoms with Crippen LogP contribution in [-0.2, 0) is 0 Å². The van der Waals surface area contributed by atoms with Gasteiger partial charge in [0, 0.05) is 13.3 Å². The highest BCUT2D eigenvalue weighted by atomic mass is 15.3. The highest BCUT2D eigenvalue weighted by Crippen LogP contribution is 2.21. The molecular weight excluding hydrogens is 124 g/mol. The van der Waals surface area contributed by atoms with Crippen LogP contribution in [0, 0.1) is 5.41 Å². The van der Waals surface area contributed by atoms with E-state index >= 15 is 0 Å². The van der Waals surface area contributed by atoms with Gasteiger partial charge in [-0.15, -0.1) is 0 Å². The smallest absolute Gasteiger partial charge is 0.0499 e. The Bertz CT molecular complexity index is 140. The summed E-state index contributed by atoms with van der Waals surface area (Å²) >= 11 is 0. The zero-order valence-electron chi connectivity index (χ0n) is 7.23. The van der Waals surface area contributed by atoms with Crippen LogP contribution in [0.25, 0.3) is 0 Å². The van der Waals surface area contributed by atoms with Crippen molar-refractivity contribution >= 4 is 6.21 Å². The first-order chi connectivity index (χ1) is 4.48. The highest BCUT2D eigenvalue weighted by Gasteiger charge is 2.11. The first-order valence-corrected chi connectivity index (χ1v) is 3.37. The Kier molecular flexibility index (Phi) is 3.13. The lowest BCUT2D eigenvalue weighted by molar-refractivity contribution is 0.528. The fourth-order valence-corrected chi connectivity index (χ4v) is 0.336. The van der Waals surface area contributed by atoms with E-state index in [9.17, 15) is 0 Å². The van der Waals surface area contributed by atoms with Crippen molar-refractivity contribution in [2.24, 2.45) is 10.5 Å². The van der Waals surface area contributed by atoms with Crippen LogP contribution in [0.2, 0.25) is 0 Å². The van der Waals surface area contributed by atoms with E-state index in [4.69, 9.17) is 0 Å². The lowest BCUT2D eigenvalue weighted by atomic mass is 9.88. The first kappa shape index (κ1) is 9.21. The molecule has 0 bridgehead atoms. The van der Waals surface area contributed by atoms with E-state index in [0.29, 0.717) is 0 Å². The van der Waals surface area contributed by atoms with E-state index in [2.05, 4.69) is 37.9 Å². The minimum Gasteiger partial charge on any atom is -0.313 e. The molecule has 0 aliphatic rings. The van der Waals surface area contributed by atoms with Gasteiger partial charge in [-0.05, 0) is 11.0 Å². The average molecular weight is 140 g/mol. The summed E-state index contributed by atoms with van der Waals surface area (Å²) in [7, 11) is 1.77. The molecular formula is C8H16N2. The maximum atomic E-state index is 3.87. The molecule has 58 valence electrons. The quantitative estimate of drug-likeness (QED) is 0.459. The van der Waals surface area contributed by atoms with Gasteiger partial charge in [0.25, 0.3) is 0 Å². The van der Waals surface area contributed by atoms with Crippen LogP contribution in [0.4, 0.5) is 0 Å². The highest BCUT2D eigenvalue weighted by molar-refractivity contribution is 5.78. The molecule has 0 aromatic heterocycles. The monoisotopic (exact) mass is 140 g/mol. The van der Waals surface area contributed by atoms with Gasteiger partial charge in [0.2, 0.25) is 0 Å². The number of hydrogen-bond donors (Lipinski definition) is 1. The standard InChI is InChI=1S/C8H16N2/c1-7(6-10-9-5)8(2,3)4/h6,9H,1H2,2-5H3/b10-6-. The van der Waals surface area contributed by atoms with Gasteiger partial charge >= 0.3 is 0 Å². The molecule has 0 aromatic rings. The topological polar surface area (TPSA) is 24.4 Å². The lowest BCUT2D eigenvalue weighted by Crippen LogP contribution is -2.10. The lowest BCUT2D eigenvalue weighted by Gasteiger charge is -2.17. The van der Waals surface area contributed by atoms with Gasteiger partial charge < -0.3 is 5.43 Å². The number of nitrogens with one attached hydrogen (secondary N) is 1. The van der Waals surface area contributed by atoms with Gasteiger partial charge in [0.15, 0.2) is 0 Å². The number of nitrogens with zero attached hydrogens (tertiary/aromatic N) is 1. The van der Waals surface area contributed by atoms with E-state index < -0.39 is 0 Å². The molecule has 0 rings (SSSR count). The summed E-state index contributed by atoms with van der Waals surface area (Å²) in [5.74, 6) is 0. The number of hydrazone groups is 1. The Hall–Kier alpha value is -0.790. The van der Waals surface area contributed by atoms with Crippen LogP contribution in [0.3, 0.4) is 0 Å². The van der Waals surface area contributed by atoms with E-state index in [1.807, 2.05) is 0 Å². The van der Waals surface area contributed by atoms with Crippen molar-refractivity contribution < 1.29 is 0 Å². The molecule has 0 aliphatic carbocycles. The summed E-state index contributed by atoms with van der Waals surface area (Å²) in [6, 6.07) is 0. The predicted octanol–water partition coefficient (Wildman–Crippen LogP) is 1.79. The van der Waals surface area contributed by atoms with Crippen molar-refractivity contribution in [1.29, 1.82) is 0 Å². The fourth-order valence-electron chi connectivity index (χ4n) is 0.336. The molecule has 10 heavy (non-hydrogen) atoms. The second-order valence-corrected chi connectivity index (χ2v) is 3.26. The molecule has 0 saturated heterocycles. The molecule has 0 radical (unpaired) electrons. The van der Waals surface area contributed by atoms with E-state index in [1.54, 1.807) is 13.3 Å². The Labute approximate surface area is 63.0 Å². The summed E-state index contributed by atoms with van der Waals surface area (Å²) in [6.07, 6.45) is 1.75. The fraction of sp³-hybridized carbons (Fsp3) is 0.625. The molecule has 0 aromatic carbocycles. The molecule has 0 atom stereocenters. The average Bonchev–Trinajstić information content (AvgIpc) is 1.80. The third kappa shape index (κ3) is 3.28. The molecule has 0 amide bonds. The summed E-state index contributed by atoms with van der Waals surface area (Å²) < 4.78 is 0. The van der Waals surface area contributed by atoms with Crippen molar-refractivity contribution in [3.8, 4) is 0 Å². The van der Waals surface area contributed by atoms with Crippen molar-refractivity contribution in [2.75, 3.05) is 7.05 Å². The third-order valence-electron chi connectivity index (χ3n) is 1.31. The SMILES string of the molecule is C=C(/C=N\NC)C(C)(C)C.